The van der Waals surface area contributed by atoms with Crippen LogP contribution in [0.5, 0.6) is 0 Å². The van der Waals surface area contributed by atoms with Gasteiger partial charge in [-0.1, -0.05) is 42.5 Å². The topological polar surface area (TPSA) is 78.4 Å². The zero-order chi connectivity index (χ0) is 17.4. The van der Waals surface area contributed by atoms with Crippen molar-refractivity contribution < 1.29 is 14.7 Å². The van der Waals surface area contributed by atoms with E-state index in [0.29, 0.717) is 18.5 Å². The minimum Gasteiger partial charge on any atom is -0.393 e. The Balaban J connectivity index is 1.83. The van der Waals surface area contributed by atoms with Crippen molar-refractivity contribution >= 4 is 11.8 Å². The van der Waals surface area contributed by atoms with E-state index in [2.05, 4.69) is 10.6 Å². The minimum absolute atomic E-state index is 0.0842. The average Bonchev–Trinajstić information content (AvgIpc) is 2.60. The Morgan fingerprint density at radius 3 is 2.21 bits per heavy atom. The van der Waals surface area contributed by atoms with Gasteiger partial charge >= 0.3 is 0 Å². The maximum Gasteiger partial charge on any atom is 0.251 e. The summed E-state index contributed by atoms with van der Waals surface area (Å²) in [7, 11) is 0. The number of nitrogens with one attached hydrogen (secondary N) is 2. The smallest absolute Gasteiger partial charge is 0.251 e. The third-order valence-corrected chi connectivity index (χ3v) is 3.55. The van der Waals surface area contributed by atoms with Crippen LogP contribution in [0.1, 0.15) is 23.7 Å². The molecule has 0 spiro atoms. The molecule has 1 unspecified atom stereocenters. The molecular weight excluding hydrogens is 304 g/mol. The van der Waals surface area contributed by atoms with Crippen molar-refractivity contribution in [3.8, 4) is 11.1 Å². The fraction of sp³-hybridized carbons (Fsp3) is 0.263. The standard InChI is InChI=1S/C19H22N2O3/c1-14(22)11-12-20-18(23)13-21-19(24)17-9-7-16(8-10-17)15-5-3-2-4-6-15/h2-10,14,22H,11-13H2,1H3,(H,20,23)(H,21,24). The van der Waals surface area contributed by atoms with Crippen LogP contribution in [0.2, 0.25) is 0 Å². The van der Waals surface area contributed by atoms with Crippen LogP contribution in [0.3, 0.4) is 0 Å². The molecule has 5 nitrogen and oxygen atoms in total. The minimum atomic E-state index is -0.456. The molecule has 0 saturated heterocycles. The Kier molecular flexibility index (Phi) is 6.51. The molecule has 0 aliphatic rings. The number of hydrogen-bond acceptors (Lipinski definition) is 3. The van der Waals surface area contributed by atoms with Crippen LogP contribution < -0.4 is 10.6 Å². The zero-order valence-electron chi connectivity index (χ0n) is 13.7. The van der Waals surface area contributed by atoms with Gasteiger partial charge in [-0.25, -0.2) is 0 Å². The van der Waals surface area contributed by atoms with Crippen molar-refractivity contribution in [1.29, 1.82) is 0 Å². The Morgan fingerprint density at radius 2 is 1.58 bits per heavy atom. The first kappa shape index (κ1) is 17.7. The Morgan fingerprint density at radius 1 is 0.958 bits per heavy atom. The van der Waals surface area contributed by atoms with Crippen LogP contribution >= 0.6 is 0 Å². The third kappa shape index (κ3) is 5.52. The highest BCUT2D eigenvalue weighted by molar-refractivity contribution is 5.96. The number of aliphatic hydroxyl groups is 1. The van der Waals surface area contributed by atoms with Gasteiger partial charge in [0, 0.05) is 12.1 Å². The third-order valence-electron chi connectivity index (χ3n) is 3.55. The van der Waals surface area contributed by atoms with Crippen LogP contribution in [0.25, 0.3) is 11.1 Å². The van der Waals surface area contributed by atoms with E-state index in [1.807, 2.05) is 42.5 Å². The molecule has 2 aromatic rings. The molecule has 0 radical (unpaired) electrons. The molecule has 126 valence electrons. The number of hydrogen-bond donors (Lipinski definition) is 3. The predicted molar refractivity (Wildman–Crippen MR) is 93.5 cm³/mol. The molecule has 0 bridgehead atoms. The normalized spacial score (nSPS) is 11.6. The summed E-state index contributed by atoms with van der Waals surface area (Å²) in [5.41, 5.74) is 2.62. The second-order valence-electron chi connectivity index (χ2n) is 5.61. The van der Waals surface area contributed by atoms with Gasteiger partial charge in [-0.2, -0.15) is 0 Å². The van der Waals surface area contributed by atoms with E-state index in [-0.39, 0.29) is 18.4 Å². The highest BCUT2D eigenvalue weighted by Gasteiger charge is 2.08. The Hall–Kier alpha value is -2.66. The Labute approximate surface area is 141 Å². The van der Waals surface area contributed by atoms with Gasteiger partial charge in [0.2, 0.25) is 5.91 Å². The lowest BCUT2D eigenvalue weighted by atomic mass is 10.0. The number of rotatable bonds is 7. The molecule has 2 rings (SSSR count). The second-order valence-corrected chi connectivity index (χ2v) is 5.61. The highest BCUT2D eigenvalue weighted by Crippen LogP contribution is 2.19. The fourth-order valence-corrected chi connectivity index (χ4v) is 2.19. The first-order valence-corrected chi connectivity index (χ1v) is 7.94. The lowest BCUT2D eigenvalue weighted by Crippen LogP contribution is -2.37. The summed E-state index contributed by atoms with van der Waals surface area (Å²) in [5.74, 6) is -0.565. The number of carbonyl (C=O) groups excluding carboxylic acids is 2. The molecule has 0 fully saturated rings. The van der Waals surface area contributed by atoms with Gasteiger partial charge in [0.25, 0.3) is 5.91 Å². The number of aliphatic hydroxyl groups excluding tert-OH is 1. The maximum atomic E-state index is 12.0. The van der Waals surface area contributed by atoms with E-state index in [1.54, 1.807) is 19.1 Å². The SMILES string of the molecule is CC(O)CCNC(=O)CNC(=O)c1ccc(-c2ccccc2)cc1. The van der Waals surface area contributed by atoms with E-state index < -0.39 is 6.10 Å². The highest BCUT2D eigenvalue weighted by atomic mass is 16.3. The van der Waals surface area contributed by atoms with Crippen LogP contribution in [-0.4, -0.2) is 36.1 Å². The summed E-state index contributed by atoms with van der Waals surface area (Å²) in [4.78, 5) is 23.6. The molecule has 0 saturated carbocycles. The van der Waals surface area contributed by atoms with Crippen molar-refractivity contribution in [3.05, 3.63) is 60.2 Å². The zero-order valence-corrected chi connectivity index (χ0v) is 13.7. The molecule has 2 amide bonds. The van der Waals surface area contributed by atoms with E-state index >= 15 is 0 Å². The van der Waals surface area contributed by atoms with Crippen molar-refractivity contribution in [1.82, 2.24) is 10.6 Å². The summed E-state index contributed by atoms with van der Waals surface area (Å²) in [6, 6.07) is 17.1. The largest absolute Gasteiger partial charge is 0.393 e. The second kappa shape index (κ2) is 8.84. The lowest BCUT2D eigenvalue weighted by Gasteiger charge is -2.08. The molecule has 2 aromatic carbocycles. The quantitative estimate of drug-likeness (QED) is 0.728. The van der Waals surface area contributed by atoms with E-state index in [9.17, 15) is 9.59 Å². The number of amides is 2. The van der Waals surface area contributed by atoms with Gasteiger partial charge in [-0.3, -0.25) is 9.59 Å². The summed E-state index contributed by atoms with van der Waals surface area (Å²) in [6.07, 6.45) is 0.0312. The van der Waals surface area contributed by atoms with Crippen molar-refractivity contribution in [2.45, 2.75) is 19.4 Å². The van der Waals surface area contributed by atoms with Gasteiger partial charge in [-0.15, -0.1) is 0 Å². The molecule has 1 atom stereocenters. The molecule has 24 heavy (non-hydrogen) atoms. The lowest BCUT2D eigenvalue weighted by molar-refractivity contribution is -0.120. The maximum absolute atomic E-state index is 12.0. The molecule has 0 aliphatic heterocycles. The van der Waals surface area contributed by atoms with Crippen molar-refractivity contribution in [2.75, 3.05) is 13.1 Å². The van der Waals surface area contributed by atoms with Crippen molar-refractivity contribution in [2.24, 2.45) is 0 Å². The first-order valence-electron chi connectivity index (χ1n) is 7.94. The van der Waals surface area contributed by atoms with Gasteiger partial charge < -0.3 is 15.7 Å². The molecular formula is C19H22N2O3. The van der Waals surface area contributed by atoms with E-state index in [1.165, 1.54) is 0 Å². The first-order chi connectivity index (χ1) is 11.6. The Bertz CT molecular complexity index is 667. The molecule has 3 N–H and O–H groups in total. The van der Waals surface area contributed by atoms with Gasteiger partial charge in [-0.05, 0) is 36.6 Å². The van der Waals surface area contributed by atoms with Crippen LogP contribution in [-0.2, 0) is 4.79 Å². The van der Waals surface area contributed by atoms with E-state index in [4.69, 9.17) is 5.11 Å². The summed E-state index contributed by atoms with van der Waals surface area (Å²) < 4.78 is 0. The summed E-state index contributed by atoms with van der Waals surface area (Å²) >= 11 is 0. The van der Waals surface area contributed by atoms with Gasteiger partial charge in [0.1, 0.15) is 0 Å². The average molecular weight is 326 g/mol. The van der Waals surface area contributed by atoms with Crippen LogP contribution in [0, 0.1) is 0 Å². The number of carbonyl (C=O) groups is 2. The van der Waals surface area contributed by atoms with Gasteiger partial charge in [0.05, 0.1) is 12.6 Å². The van der Waals surface area contributed by atoms with Gasteiger partial charge in [0.15, 0.2) is 0 Å². The van der Waals surface area contributed by atoms with Crippen molar-refractivity contribution in [3.63, 3.8) is 0 Å². The van der Waals surface area contributed by atoms with E-state index in [0.717, 1.165) is 11.1 Å². The molecule has 5 heteroatoms. The fourth-order valence-electron chi connectivity index (χ4n) is 2.19. The molecule has 0 aliphatic carbocycles. The summed E-state index contributed by atoms with van der Waals surface area (Å²) in [5, 5.41) is 14.3. The van der Waals surface area contributed by atoms with Crippen LogP contribution in [0.15, 0.2) is 54.6 Å². The number of benzene rings is 2. The van der Waals surface area contributed by atoms with Crippen LogP contribution in [0.4, 0.5) is 0 Å². The monoisotopic (exact) mass is 326 g/mol. The summed E-state index contributed by atoms with van der Waals surface area (Å²) in [6.45, 7) is 1.96. The molecule has 0 aromatic heterocycles. The molecule has 0 heterocycles. The predicted octanol–water partition coefficient (Wildman–Crippen LogP) is 1.97.